The van der Waals surface area contributed by atoms with Gasteiger partial charge >= 0.3 is 5.00 Å². The predicted octanol–water partition coefficient (Wildman–Crippen LogP) is 1.71. The quantitative estimate of drug-likeness (QED) is 0.271. The number of carbonyl (C=O) groups excluding carboxylic acids is 1. The lowest BCUT2D eigenvalue weighted by Crippen LogP contribution is -2.24. The fourth-order valence-corrected chi connectivity index (χ4v) is 2.47. The Kier molecular flexibility index (Phi) is 3.40. The summed E-state index contributed by atoms with van der Waals surface area (Å²) in [4.78, 5) is 29.6. The molecule has 1 amide bonds. The third-order valence-electron chi connectivity index (χ3n) is 2.50. The van der Waals surface area contributed by atoms with Gasteiger partial charge in [-0.05, 0) is 22.8 Å². The second kappa shape index (κ2) is 4.98. The summed E-state index contributed by atoms with van der Waals surface area (Å²) < 4.78 is 0. The molecule has 0 N–H and O–H groups in total. The number of azide groups is 1. The number of carbonyl (C=O) groups is 1. The van der Waals surface area contributed by atoms with Crippen LogP contribution >= 0.6 is 11.3 Å². The van der Waals surface area contributed by atoms with Crippen LogP contribution in [0.2, 0.25) is 0 Å². The van der Waals surface area contributed by atoms with Crippen molar-refractivity contribution in [2.75, 3.05) is 18.0 Å². The van der Waals surface area contributed by atoms with E-state index in [-0.39, 0.29) is 29.8 Å². The summed E-state index contributed by atoms with van der Waals surface area (Å²) >= 11 is 0.859. The fraction of sp³-hybridized carbons (Fsp3) is 0.500. The SMILES string of the molecule is [N-]=[N+]=NCC1CC(=O)N(c2ncc([N+](=O)[O-])s2)C1. The Morgan fingerprint density at radius 2 is 2.56 bits per heavy atom. The highest BCUT2D eigenvalue weighted by atomic mass is 32.1. The topological polar surface area (TPSA) is 125 Å². The third kappa shape index (κ3) is 2.39. The van der Waals surface area contributed by atoms with E-state index in [1.165, 1.54) is 4.90 Å². The minimum atomic E-state index is -0.542. The smallest absolute Gasteiger partial charge is 0.288 e. The third-order valence-corrected chi connectivity index (χ3v) is 3.47. The second-order valence-corrected chi connectivity index (χ2v) is 4.71. The monoisotopic (exact) mass is 268 g/mol. The molecule has 1 aliphatic rings. The number of amides is 1. The van der Waals surface area contributed by atoms with E-state index in [4.69, 9.17) is 5.53 Å². The van der Waals surface area contributed by atoms with Gasteiger partial charge in [0.25, 0.3) is 0 Å². The summed E-state index contributed by atoms with van der Waals surface area (Å²) in [5.74, 6) is -0.214. The van der Waals surface area contributed by atoms with Gasteiger partial charge in [-0.25, -0.2) is 4.98 Å². The Morgan fingerprint density at radius 1 is 1.78 bits per heavy atom. The Hall–Kier alpha value is -2.19. The maximum absolute atomic E-state index is 11.7. The molecule has 1 fully saturated rings. The summed E-state index contributed by atoms with van der Waals surface area (Å²) in [5.41, 5.74) is 8.21. The van der Waals surface area contributed by atoms with E-state index in [1.807, 2.05) is 0 Å². The largest absolute Gasteiger partial charge is 0.345 e. The van der Waals surface area contributed by atoms with Gasteiger partial charge in [-0.1, -0.05) is 5.11 Å². The van der Waals surface area contributed by atoms with E-state index in [0.29, 0.717) is 11.7 Å². The molecule has 0 bridgehead atoms. The van der Waals surface area contributed by atoms with Crippen molar-refractivity contribution in [1.29, 1.82) is 0 Å². The van der Waals surface area contributed by atoms with Crippen LogP contribution in [-0.2, 0) is 4.79 Å². The standard InChI is InChI=1S/C8H8N6O3S/c9-12-11-2-5-1-6(15)13(4-5)8-10-3-7(18-8)14(16)17/h3,5H,1-2,4H2. The molecule has 2 rings (SSSR count). The van der Waals surface area contributed by atoms with E-state index in [2.05, 4.69) is 15.0 Å². The van der Waals surface area contributed by atoms with Gasteiger partial charge in [-0.2, -0.15) is 0 Å². The molecule has 1 aromatic rings. The average molecular weight is 268 g/mol. The summed E-state index contributed by atoms with van der Waals surface area (Å²) in [5, 5.41) is 14.2. The van der Waals surface area contributed by atoms with Crippen molar-refractivity contribution in [3.63, 3.8) is 0 Å². The normalized spacial score (nSPS) is 18.8. The second-order valence-electron chi connectivity index (χ2n) is 3.73. The summed E-state index contributed by atoms with van der Waals surface area (Å²) in [7, 11) is 0. The van der Waals surface area contributed by atoms with Gasteiger partial charge < -0.3 is 0 Å². The van der Waals surface area contributed by atoms with Crippen LogP contribution in [0.25, 0.3) is 10.4 Å². The van der Waals surface area contributed by atoms with Crippen molar-refractivity contribution < 1.29 is 9.72 Å². The Morgan fingerprint density at radius 3 is 3.17 bits per heavy atom. The van der Waals surface area contributed by atoms with E-state index in [0.717, 1.165) is 17.5 Å². The number of nitrogens with zero attached hydrogens (tertiary/aromatic N) is 6. The van der Waals surface area contributed by atoms with E-state index < -0.39 is 4.92 Å². The van der Waals surface area contributed by atoms with Crippen molar-refractivity contribution in [3.05, 3.63) is 26.8 Å². The molecule has 94 valence electrons. The zero-order valence-electron chi connectivity index (χ0n) is 9.09. The molecule has 0 spiro atoms. The van der Waals surface area contributed by atoms with Crippen LogP contribution in [-0.4, -0.2) is 28.9 Å². The van der Waals surface area contributed by atoms with Crippen molar-refractivity contribution >= 4 is 27.4 Å². The lowest BCUT2D eigenvalue weighted by atomic mass is 10.1. The van der Waals surface area contributed by atoms with Crippen LogP contribution in [0.4, 0.5) is 10.1 Å². The number of anilines is 1. The molecular weight excluding hydrogens is 260 g/mol. The number of aromatic nitrogens is 1. The molecule has 2 heterocycles. The highest BCUT2D eigenvalue weighted by Crippen LogP contribution is 2.32. The summed E-state index contributed by atoms with van der Waals surface area (Å²) in [6.45, 7) is 0.620. The zero-order valence-corrected chi connectivity index (χ0v) is 9.91. The minimum Gasteiger partial charge on any atom is -0.288 e. The molecule has 0 saturated carbocycles. The van der Waals surface area contributed by atoms with E-state index in [9.17, 15) is 14.9 Å². The Bertz CT molecular complexity index is 537. The first kappa shape index (κ1) is 12.3. The number of rotatable bonds is 4. The summed E-state index contributed by atoms with van der Waals surface area (Å²) in [6.07, 6.45) is 1.40. The molecule has 1 aromatic heterocycles. The first-order valence-electron chi connectivity index (χ1n) is 5.03. The minimum absolute atomic E-state index is 0.0589. The van der Waals surface area contributed by atoms with Gasteiger partial charge in [0, 0.05) is 24.4 Å². The van der Waals surface area contributed by atoms with Gasteiger partial charge in [-0.3, -0.25) is 19.8 Å². The lowest BCUT2D eigenvalue weighted by Gasteiger charge is -2.11. The van der Waals surface area contributed by atoms with Crippen LogP contribution < -0.4 is 4.90 Å². The zero-order chi connectivity index (χ0) is 13.1. The molecule has 18 heavy (non-hydrogen) atoms. The van der Waals surface area contributed by atoms with Gasteiger partial charge in [0.15, 0.2) is 5.13 Å². The molecule has 1 aliphatic heterocycles. The number of hydrogen-bond acceptors (Lipinski definition) is 6. The molecule has 0 radical (unpaired) electrons. The van der Waals surface area contributed by atoms with Crippen LogP contribution in [0.5, 0.6) is 0 Å². The lowest BCUT2D eigenvalue weighted by molar-refractivity contribution is -0.380. The Labute approximate surface area is 105 Å². The van der Waals surface area contributed by atoms with Crippen molar-refractivity contribution in [2.24, 2.45) is 11.0 Å². The molecule has 9 nitrogen and oxygen atoms in total. The first-order valence-corrected chi connectivity index (χ1v) is 5.85. The molecular formula is C8H8N6O3S. The summed E-state index contributed by atoms with van der Waals surface area (Å²) in [6, 6.07) is 0. The molecule has 10 heteroatoms. The van der Waals surface area contributed by atoms with Crippen LogP contribution in [0.3, 0.4) is 0 Å². The van der Waals surface area contributed by atoms with Gasteiger partial charge in [0.2, 0.25) is 5.91 Å². The van der Waals surface area contributed by atoms with Crippen LogP contribution in [0.1, 0.15) is 6.42 Å². The van der Waals surface area contributed by atoms with Gasteiger partial charge in [0.1, 0.15) is 6.20 Å². The van der Waals surface area contributed by atoms with Crippen LogP contribution in [0, 0.1) is 16.0 Å². The molecule has 1 atom stereocenters. The van der Waals surface area contributed by atoms with E-state index >= 15 is 0 Å². The van der Waals surface area contributed by atoms with E-state index in [1.54, 1.807) is 0 Å². The molecule has 0 aliphatic carbocycles. The average Bonchev–Trinajstić information content (AvgIpc) is 2.92. The van der Waals surface area contributed by atoms with Gasteiger partial charge in [0.05, 0.1) is 4.92 Å². The maximum Gasteiger partial charge on any atom is 0.345 e. The van der Waals surface area contributed by atoms with Crippen molar-refractivity contribution in [3.8, 4) is 0 Å². The van der Waals surface area contributed by atoms with Crippen LogP contribution in [0.15, 0.2) is 11.3 Å². The highest BCUT2D eigenvalue weighted by Gasteiger charge is 2.32. The molecule has 0 aromatic carbocycles. The number of thiazole rings is 1. The molecule has 1 saturated heterocycles. The molecule has 1 unspecified atom stereocenters. The fourth-order valence-electron chi connectivity index (χ4n) is 1.71. The maximum atomic E-state index is 11.7. The Balaban J connectivity index is 2.11. The van der Waals surface area contributed by atoms with Crippen molar-refractivity contribution in [1.82, 2.24) is 4.98 Å². The number of hydrogen-bond donors (Lipinski definition) is 0. The number of nitro groups is 1. The predicted molar refractivity (Wildman–Crippen MR) is 63.2 cm³/mol. The van der Waals surface area contributed by atoms with Crippen molar-refractivity contribution in [2.45, 2.75) is 6.42 Å². The first-order chi connectivity index (χ1) is 8.61. The highest BCUT2D eigenvalue weighted by molar-refractivity contribution is 7.18. The van der Waals surface area contributed by atoms with Gasteiger partial charge in [-0.15, -0.1) is 0 Å².